The maximum Gasteiger partial charge on any atom is 0.326 e. The van der Waals surface area contributed by atoms with Gasteiger partial charge in [0.1, 0.15) is 11.6 Å². The summed E-state index contributed by atoms with van der Waals surface area (Å²) in [5, 5.41) is 37.3. The van der Waals surface area contributed by atoms with Gasteiger partial charge in [0.2, 0.25) is 11.8 Å². The Balaban J connectivity index is 1.78. The quantitative estimate of drug-likeness (QED) is 0.153. The van der Waals surface area contributed by atoms with E-state index in [0.29, 0.717) is 0 Å². The van der Waals surface area contributed by atoms with Crippen LogP contribution in [0.5, 0.6) is 5.75 Å². The normalized spacial score (nSPS) is 32.6. The number of carbonyl (C=O) groups excluding carboxylic acids is 7. The number of ketones is 4. The monoisotopic (exact) mass is 535 g/mol. The minimum absolute atomic E-state index is 0.201. The zero-order valence-electron chi connectivity index (χ0n) is 19.2. The number of amides is 4. The lowest BCUT2D eigenvalue weighted by atomic mass is 9.50. The number of alkyl halides is 1. The predicted molar refractivity (Wildman–Crippen MR) is 122 cm³/mol. The SMILES string of the molecule is C[C@H]1c2ccc(NC(=O)NC(=O)CCl)c(O)c2C(=O)C2C(=O)[C@]3(O)C(=O)C(C(N)=O)C(=O)C[C@@H]3[C@@H](O)[C@@H]21. The van der Waals surface area contributed by atoms with E-state index in [2.05, 4.69) is 5.32 Å². The highest BCUT2D eigenvalue weighted by Crippen LogP contribution is 2.54. The maximum absolute atomic E-state index is 13.6. The number of aliphatic hydroxyl groups is 2. The molecule has 4 rings (SSSR count). The Morgan fingerprint density at radius 1 is 1.16 bits per heavy atom. The summed E-state index contributed by atoms with van der Waals surface area (Å²) in [6, 6.07) is 1.54. The third kappa shape index (κ3) is 3.72. The number of hydrogen-bond donors (Lipinski definition) is 6. The van der Waals surface area contributed by atoms with Gasteiger partial charge in [0.05, 0.1) is 23.3 Å². The molecule has 7 N–H and O–H groups in total. The number of aliphatic hydroxyl groups excluding tert-OH is 1. The van der Waals surface area contributed by atoms with E-state index in [1.807, 2.05) is 5.32 Å². The molecule has 14 heteroatoms. The largest absolute Gasteiger partial charge is 0.505 e. The number of phenols is 1. The second-order valence-corrected chi connectivity index (χ2v) is 9.63. The molecule has 0 heterocycles. The summed E-state index contributed by atoms with van der Waals surface area (Å²) in [4.78, 5) is 87.6. The van der Waals surface area contributed by atoms with E-state index in [-0.39, 0.29) is 11.3 Å². The van der Waals surface area contributed by atoms with Crippen LogP contribution in [0.2, 0.25) is 0 Å². The van der Waals surface area contributed by atoms with Gasteiger partial charge in [-0.05, 0) is 17.5 Å². The molecule has 3 aliphatic rings. The molecule has 37 heavy (non-hydrogen) atoms. The zero-order valence-corrected chi connectivity index (χ0v) is 19.9. The molecule has 1 aromatic rings. The second kappa shape index (κ2) is 9.01. The smallest absolute Gasteiger partial charge is 0.326 e. The van der Waals surface area contributed by atoms with Crippen molar-refractivity contribution in [1.82, 2.24) is 5.32 Å². The number of phenolic OH excluding ortho intramolecular Hbond substituents is 1. The van der Waals surface area contributed by atoms with Gasteiger partial charge >= 0.3 is 6.03 Å². The first kappa shape index (κ1) is 26.4. The van der Waals surface area contributed by atoms with E-state index in [4.69, 9.17) is 17.3 Å². The molecule has 1 aromatic carbocycles. The number of urea groups is 1. The molecule has 2 unspecified atom stereocenters. The van der Waals surface area contributed by atoms with Crippen molar-refractivity contribution in [3.8, 4) is 5.75 Å². The number of aromatic hydroxyl groups is 1. The molecule has 7 atom stereocenters. The lowest BCUT2D eigenvalue weighted by Gasteiger charge is -2.52. The first-order valence-corrected chi connectivity index (χ1v) is 11.7. The molecule has 0 aromatic heterocycles. The molecule has 2 saturated carbocycles. The number of rotatable bonds is 3. The molecule has 13 nitrogen and oxygen atoms in total. The van der Waals surface area contributed by atoms with E-state index in [1.165, 1.54) is 12.1 Å². The van der Waals surface area contributed by atoms with Crippen LogP contribution in [0.4, 0.5) is 10.5 Å². The van der Waals surface area contributed by atoms with Gasteiger partial charge in [-0.3, -0.25) is 34.1 Å². The Kier molecular flexibility index (Phi) is 6.42. The number of nitrogens with two attached hydrogens (primary N) is 1. The molecule has 3 aliphatic carbocycles. The number of imide groups is 1. The first-order chi connectivity index (χ1) is 17.3. The molecular formula is C23H22ClN3O10. The molecule has 2 fully saturated rings. The average Bonchev–Trinajstić information content (AvgIpc) is 2.82. The van der Waals surface area contributed by atoms with Crippen molar-refractivity contribution in [3.05, 3.63) is 23.3 Å². The molecule has 0 spiro atoms. The summed E-state index contributed by atoms with van der Waals surface area (Å²) in [6.07, 6.45) is -2.38. The number of primary amides is 1. The van der Waals surface area contributed by atoms with Crippen molar-refractivity contribution in [3.63, 3.8) is 0 Å². The summed E-state index contributed by atoms with van der Waals surface area (Å²) in [5.74, 6) is -15.8. The van der Waals surface area contributed by atoms with Gasteiger partial charge in [0.15, 0.2) is 34.7 Å². The number of benzene rings is 1. The molecule has 0 radical (unpaired) electrons. The van der Waals surface area contributed by atoms with Crippen LogP contribution >= 0.6 is 11.6 Å². The summed E-state index contributed by atoms with van der Waals surface area (Å²) < 4.78 is 0. The highest BCUT2D eigenvalue weighted by Gasteiger charge is 2.69. The van der Waals surface area contributed by atoms with Crippen LogP contribution in [0.25, 0.3) is 0 Å². The number of carbonyl (C=O) groups is 7. The third-order valence-corrected chi connectivity index (χ3v) is 7.72. The number of anilines is 1. The highest BCUT2D eigenvalue weighted by atomic mass is 35.5. The van der Waals surface area contributed by atoms with Crippen molar-refractivity contribution in [2.24, 2.45) is 29.4 Å². The van der Waals surface area contributed by atoms with E-state index < -0.39 is 106 Å². The number of nitrogens with one attached hydrogen (secondary N) is 2. The summed E-state index contributed by atoms with van der Waals surface area (Å²) in [6.45, 7) is 1.54. The van der Waals surface area contributed by atoms with Gasteiger partial charge in [-0.1, -0.05) is 13.0 Å². The van der Waals surface area contributed by atoms with Gasteiger partial charge in [0.25, 0.3) is 0 Å². The predicted octanol–water partition coefficient (Wildman–Crippen LogP) is -1.25. The Morgan fingerprint density at radius 2 is 1.81 bits per heavy atom. The second-order valence-electron chi connectivity index (χ2n) is 9.37. The van der Waals surface area contributed by atoms with Gasteiger partial charge < -0.3 is 26.4 Å². The van der Waals surface area contributed by atoms with Crippen LogP contribution in [-0.4, -0.2) is 73.9 Å². The fourth-order valence-corrected chi connectivity index (χ4v) is 5.84. The van der Waals surface area contributed by atoms with Crippen LogP contribution in [0.15, 0.2) is 12.1 Å². The number of hydrogen-bond acceptors (Lipinski definition) is 10. The standard InChI is InChI=1S/C23H22ClN3O10/c1-6-7-2-3-9(26-22(36)27-11(29)5-24)17(31)13(7)18(32)15-12(6)16(30)8-4-10(28)14(21(25)35)19(33)23(8,37)20(15)34/h2-3,6,8,12,14-16,30-31,37H,4-5H2,1H3,(H2,25,35)(H2,26,27,29,36)/t6-,8+,12+,14?,15?,16+,23+/m0/s1. The minimum Gasteiger partial charge on any atom is -0.505 e. The van der Waals surface area contributed by atoms with Crippen LogP contribution in [0, 0.1) is 23.7 Å². The van der Waals surface area contributed by atoms with E-state index in [0.717, 1.165) is 0 Å². The molecule has 0 saturated heterocycles. The maximum atomic E-state index is 13.6. The van der Waals surface area contributed by atoms with Crippen molar-refractivity contribution >= 4 is 58.3 Å². The Labute approximate surface area is 213 Å². The van der Waals surface area contributed by atoms with Crippen molar-refractivity contribution in [1.29, 1.82) is 0 Å². The van der Waals surface area contributed by atoms with Crippen molar-refractivity contribution in [2.75, 3.05) is 11.2 Å². The Bertz CT molecular complexity index is 1300. The number of fused-ring (bicyclic) bond motifs is 3. The molecule has 4 amide bonds. The zero-order chi connectivity index (χ0) is 27.6. The van der Waals surface area contributed by atoms with E-state index >= 15 is 0 Å². The Morgan fingerprint density at radius 3 is 2.41 bits per heavy atom. The number of Topliss-reactive ketones (excluding diaryl/α,β-unsaturated/α-hetero) is 4. The van der Waals surface area contributed by atoms with Crippen molar-refractivity contribution < 1.29 is 48.9 Å². The molecule has 196 valence electrons. The van der Waals surface area contributed by atoms with Crippen LogP contribution in [0.3, 0.4) is 0 Å². The lowest BCUT2D eigenvalue weighted by Crippen LogP contribution is -2.72. The average molecular weight is 536 g/mol. The number of halogens is 1. The van der Waals surface area contributed by atoms with Gasteiger partial charge in [-0.15, -0.1) is 11.6 Å². The summed E-state index contributed by atoms with van der Waals surface area (Å²) in [7, 11) is 0. The first-order valence-electron chi connectivity index (χ1n) is 11.1. The van der Waals surface area contributed by atoms with Crippen LogP contribution in [-0.2, 0) is 24.0 Å². The summed E-state index contributed by atoms with van der Waals surface area (Å²) >= 11 is 5.33. The lowest BCUT2D eigenvalue weighted by molar-refractivity contribution is -0.189. The molecular weight excluding hydrogens is 514 g/mol. The topological polar surface area (TPSA) is 230 Å². The van der Waals surface area contributed by atoms with Gasteiger partial charge in [-0.25, -0.2) is 4.79 Å². The highest BCUT2D eigenvalue weighted by molar-refractivity contribution is 6.32. The third-order valence-electron chi connectivity index (χ3n) is 7.48. The molecule has 0 aliphatic heterocycles. The van der Waals surface area contributed by atoms with Gasteiger partial charge in [0, 0.05) is 18.3 Å². The molecule has 0 bridgehead atoms. The van der Waals surface area contributed by atoms with Gasteiger partial charge in [-0.2, -0.15) is 0 Å². The van der Waals surface area contributed by atoms with E-state index in [9.17, 15) is 48.9 Å². The van der Waals surface area contributed by atoms with Crippen LogP contribution < -0.4 is 16.4 Å². The Hall–Kier alpha value is -3.68. The fraction of sp³-hybridized carbons (Fsp3) is 0.435. The van der Waals surface area contributed by atoms with E-state index in [1.54, 1.807) is 6.92 Å². The fourth-order valence-electron chi connectivity index (χ4n) is 5.77. The summed E-state index contributed by atoms with van der Waals surface area (Å²) in [5.41, 5.74) is 1.60. The van der Waals surface area contributed by atoms with Crippen LogP contribution in [0.1, 0.15) is 35.2 Å². The van der Waals surface area contributed by atoms with Crippen molar-refractivity contribution in [2.45, 2.75) is 31.0 Å². The minimum atomic E-state index is -3.03.